The molecule has 25 heavy (non-hydrogen) atoms. The number of hydrogen-bond acceptors (Lipinski definition) is 8. The van der Waals surface area contributed by atoms with Crippen LogP contribution in [0.4, 0.5) is 11.9 Å². The first kappa shape index (κ1) is 17.6. The summed E-state index contributed by atoms with van der Waals surface area (Å²) < 4.78 is 0.955. The minimum Gasteiger partial charge on any atom is -0.368 e. The fourth-order valence-electron chi connectivity index (χ4n) is 2.06. The standard InChI is InChI=1S/C15H17BrN8S/c1-8(11-18-13(17)21-14(19-11)24(2)3)25-15-20-12(22-23-15)9-6-4-5-7-10(9)16/h4-8H,1-3H3,(H,20,22,23)(H2,17,18,19,21)/t8-/m0/s1. The minimum absolute atomic E-state index is 0.0770. The van der Waals surface area contributed by atoms with E-state index in [2.05, 4.69) is 46.1 Å². The Morgan fingerprint density at radius 2 is 1.92 bits per heavy atom. The minimum atomic E-state index is -0.0770. The third-order valence-electron chi connectivity index (χ3n) is 3.30. The molecule has 0 aliphatic rings. The molecule has 10 heteroatoms. The molecule has 1 atom stereocenters. The Kier molecular flexibility index (Phi) is 5.19. The Bertz CT molecular complexity index is 881. The Morgan fingerprint density at radius 3 is 2.64 bits per heavy atom. The van der Waals surface area contributed by atoms with Gasteiger partial charge in [-0.15, -0.1) is 5.10 Å². The first-order valence-electron chi connectivity index (χ1n) is 7.46. The smallest absolute Gasteiger partial charge is 0.229 e. The molecule has 8 nitrogen and oxygen atoms in total. The number of nitrogens with two attached hydrogens (primary N) is 1. The van der Waals surface area contributed by atoms with E-state index in [0.717, 1.165) is 10.0 Å². The van der Waals surface area contributed by atoms with Crippen LogP contribution in [0.2, 0.25) is 0 Å². The van der Waals surface area contributed by atoms with E-state index in [9.17, 15) is 0 Å². The van der Waals surface area contributed by atoms with Crippen LogP contribution in [0.25, 0.3) is 11.4 Å². The lowest BCUT2D eigenvalue weighted by molar-refractivity contribution is 0.858. The lowest BCUT2D eigenvalue weighted by Gasteiger charge is -2.13. The lowest BCUT2D eigenvalue weighted by Crippen LogP contribution is -2.16. The summed E-state index contributed by atoms with van der Waals surface area (Å²) in [6.45, 7) is 1.98. The van der Waals surface area contributed by atoms with E-state index in [4.69, 9.17) is 5.73 Å². The van der Waals surface area contributed by atoms with Crippen molar-refractivity contribution in [3.63, 3.8) is 0 Å². The third-order valence-corrected chi connectivity index (χ3v) is 4.95. The summed E-state index contributed by atoms with van der Waals surface area (Å²) in [6.07, 6.45) is 0. The quantitative estimate of drug-likeness (QED) is 0.606. The van der Waals surface area contributed by atoms with Crippen LogP contribution >= 0.6 is 27.7 Å². The first-order chi connectivity index (χ1) is 11.9. The molecule has 0 aliphatic carbocycles. The van der Waals surface area contributed by atoms with Gasteiger partial charge in [-0.05, 0) is 13.0 Å². The van der Waals surface area contributed by atoms with Gasteiger partial charge in [0.2, 0.25) is 17.1 Å². The molecule has 0 fully saturated rings. The molecule has 0 aliphatic heterocycles. The predicted molar refractivity (Wildman–Crippen MR) is 102 cm³/mol. The van der Waals surface area contributed by atoms with Gasteiger partial charge in [-0.1, -0.05) is 45.9 Å². The number of halogens is 1. The maximum Gasteiger partial charge on any atom is 0.229 e. The van der Waals surface area contributed by atoms with Crippen LogP contribution in [-0.4, -0.2) is 44.2 Å². The number of nitrogens with one attached hydrogen (secondary N) is 1. The summed E-state index contributed by atoms with van der Waals surface area (Å²) in [5.41, 5.74) is 6.74. The van der Waals surface area contributed by atoms with E-state index >= 15 is 0 Å². The molecule has 2 aromatic heterocycles. The van der Waals surface area contributed by atoms with E-state index in [-0.39, 0.29) is 11.2 Å². The number of rotatable bonds is 5. The third kappa shape index (κ3) is 4.07. The second-order valence-corrected chi connectivity index (χ2v) is 7.62. The zero-order chi connectivity index (χ0) is 18.0. The number of nitrogen functional groups attached to an aromatic ring is 1. The number of benzene rings is 1. The largest absolute Gasteiger partial charge is 0.368 e. The number of aromatic amines is 1. The molecule has 0 saturated heterocycles. The summed E-state index contributed by atoms with van der Waals surface area (Å²) in [5, 5.41) is 7.77. The van der Waals surface area contributed by atoms with Gasteiger partial charge in [0, 0.05) is 24.1 Å². The van der Waals surface area contributed by atoms with E-state index < -0.39 is 0 Å². The average molecular weight is 421 g/mol. The number of thioether (sulfide) groups is 1. The van der Waals surface area contributed by atoms with Gasteiger partial charge in [0.1, 0.15) is 5.82 Å². The summed E-state index contributed by atoms with van der Waals surface area (Å²) >= 11 is 4.97. The van der Waals surface area contributed by atoms with E-state index in [1.54, 1.807) is 4.90 Å². The molecule has 3 N–H and O–H groups in total. The second-order valence-electron chi connectivity index (χ2n) is 5.45. The van der Waals surface area contributed by atoms with Gasteiger partial charge in [0.15, 0.2) is 5.82 Å². The summed E-state index contributed by atoms with van der Waals surface area (Å²) in [7, 11) is 3.71. The molecule has 0 radical (unpaired) electrons. The van der Waals surface area contributed by atoms with Crippen LogP contribution in [0, 0.1) is 0 Å². The first-order valence-corrected chi connectivity index (χ1v) is 9.14. The zero-order valence-electron chi connectivity index (χ0n) is 13.9. The number of anilines is 2. The van der Waals surface area contributed by atoms with Crippen molar-refractivity contribution in [1.82, 2.24) is 30.1 Å². The number of hydrogen-bond donors (Lipinski definition) is 2. The highest BCUT2D eigenvalue weighted by Gasteiger charge is 2.17. The predicted octanol–water partition coefficient (Wildman–Crippen LogP) is 2.92. The molecule has 1 aromatic carbocycles. The molecule has 0 spiro atoms. The molecule has 2 heterocycles. The lowest BCUT2D eigenvalue weighted by atomic mass is 10.2. The highest BCUT2D eigenvalue weighted by molar-refractivity contribution is 9.10. The van der Waals surface area contributed by atoms with Crippen LogP contribution in [0.1, 0.15) is 18.0 Å². The highest BCUT2D eigenvalue weighted by Crippen LogP contribution is 2.33. The van der Waals surface area contributed by atoms with Crippen molar-refractivity contribution >= 4 is 39.6 Å². The van der Waals surface area contributed by atoms with Gasteiger partial charge in [-0.3, -0.25) is 5.10 Å². The van der Waals surface area contributed by atoms with Crippen LogP contribution in [0.5, 0.6) is 0 Å². The van der Waals surface area contributed by atoms with Crippen molar-refractivity contribution in [2.24, 2.45) is 0 Å². The monoisotopic (exact) mass is 420 g/mol. The SMILES string of the molecule is C[C@H](Sc1n[nH]c(-c2ccccc2Br)n1)c1nc(N)nc(N(C)C)n1. The Balaban J connectivity index is 1.80. The average Bonchev–Trinajstić information content (AvgIpc) is 3.02. The van der Waals surface area contributed by atoms with Crippen LogP contribution in [-0.2, 0) is 0 Å². The Hall–Kier alpha value is -2.20. The van der Waals surface area contributed by atoms with Crippen molar-refractivity contribution in [3.05, 3.63) is 34.6 Å². The molecule has 130 valence electrons. The number of nitrogens with zero attached hydrogens (tertiary/aromatic N) is 6. The second kappa shape index (κ2) is 7.36. The fourth-order valence-corrected chi connectivity index (χ4v) is 3.30. The van der Waals surface area contributed by atoms with E-state index in [1.807, 2.05) is 45.3 Å². The van der Waals surface area contributed by atoms with Gasteiger partial charge >= 0.3 is 0 Å². The van der Waals surface area contributed by atoms with Gasteiger partial charge in [0.05, 0.1) is 5.25 Å². The molecule has 0 unspecified atom stereocenters. The maximum atomic E-state index is 5.78. The molecule has 3 rings (SSSR count). The molecule has 0 saturated carbocycles. The van der Waals surface area contributed by atoms with Gasteiger partial charge in [-0.25, -0.2) is 4.98 Å². The van der Waals surface area contributed by atoms with Crippen LogP contribution in [0.15, 0.2) is 33.9 Å². The molecule has 3 aromatic rings. The summed E-state index contributed by atoms with van der Waals surface area (Å²) in [5.74, 6) is 2.02. The zero-order valence-corrected chi connectivity index (χ0v) is 16.3. The summed E-state index contributed by atoms with van der Waals surface area (Å²) in [6, 6.07) is 7.84. The Labute approximate surface area is 157 Å². The normalized spacial score (nSPS) is 12.2. The molecular weight excluding hydrogens is 404 g/mol. The topological polar surface area (TPSA) is 110 Å². The van der Waals surface area contributed by atoms with Crippen LogP contribution < -0.4 is 10.6 Å². The highest BCUT2D eigenvalue weighted by atomic mass is 79.9. The van der Waals surface area contributed by atoms with Crippen molar-refractivity contribution in [2.45, 2.75) is 17.3 Å². The van der Waals surface area contributed by atoms with Gasteiger partial charge in [0.25, 0.3) is 0 Å². The molecule has 0 amide bonds. The van der Waals surface area contributed by atoms with Crippen LogP contribution in [0.3, 0.4) is 0 Å². The fraction of sp³-hybridized carbons (Fsp3) is 0.267. The molecular formula is C15H17BrN8S. The van der Waals surface area contributed by atoms with Crippen molar-refractivity contribution < 1.29 is 0 Å². The number of H-pyrrole nitrogens is 1. The van der Waals surface area contributed by atoms with E-state index in [1.165, 1.54) is 11.8 Å². The van der Waals surface area contributed by atoms with Gasteiger partial charge < -0.3 is 10.6 Å². The maximum absolute atomic E-state index is 5.78. The number of aromatic nitrogens is 6. The van der Waals surface area contributed by atoms with E-state index in [0.29, 0.717) is 22.8 Å². The summed E-state index contributed by atoms with van der Waals surface area (Å²) in [4.78, 5) is 19.1. The Morgan fingerprint density at radius 1 is 1.16 bits per heavy atom. The van der Waals surface area contributed by atoms with Crippen molar-refractivity contribution in [2.75, 3.05) is 24.7 Å². The van der Waals surface area contributed by atoms with Crippen molar-refractivity contribution in [3.8, 4) is 11.4 Å². The van der Waals surface area contributed by atoms with Crippen molar-refractivity contribution in [1.29, 1.82) is 0 Å². The molecule has 0 bridgehead atoms. The van der Waals surface area contributed by atoms with Gasteiger partial charge in [-0.2, -0.15) is 15.0 Å².